The van der Waals surface area contributed by atoms with Gasteiger partial charge in [-0.05, 0) is 65.3 Å². The Bertz CT molecular complexity index is 1600. The van der Waals surface area contributed by atoms with Gasteiger partial charge in [0, 0.05) is 16.3 Å². The van der Waals surface area contributed by atoms with Crippen molar-refractivity contribution in [3.05, 3.63) is 83.0 Å². The van der Waals surface area contributed by atoms with Crippen molar-refractivity contribution in [3.63, 3.8) is 0 Å². The molecule has 37 heavy (non-hydrogen) atoms. The first-order chi connectivity index (χ1) is 17.5. The van der Waals surface area contributed by atoms with E-state index in [2.05, 4.69) is 132 Å². The average Bonchev–Trinajstić information content (AvgIpc) is 3.14. The van der Waals surface area contributed by atoms with Gasteiger partial charge in [-0.3, -0.25) is 0 Å². The van der Waals surface area contributed by atoms with Crippen LogP contribution in [0, 0.1) is 18.8 Å². The van der Waals surface area contributed by atoms with Gasteiger partial charge >= 0.3 is 0 Å². The lowest BCUT2D eigenvalue weighted by molar-refractivity contribution is -0.643. The second kappa shape index (κ2) is 9.31. The molecular weight excluding hydrogens is 448 g/mol. The minimum absolute atomic E-state index is 0.0865. The van der Waals surface area contributed by atoms with Crippen molar-refractivity contribution in [2.75, 3.05) is 0 Å². The summed E-state index contributed by atoms with van der Waals surface area (Å²) in [7, 11) is 2.23. The fourth-order valence-corrected chi connectivity index (χ4v) is 6.42. The Hall–Kier alpha value is -3.13. The van der Waals surface area contributed by atoms with Crippen molar-refractivity contribution < 1.29 is 4.57 Å². The maximum atomic E-state index is 2.56. The maximum absolute atomic E-state index is 2.56. The van der Waals surface area contributed by atoms with Crippen LogP contribution in [-0.2, 0) is 25.3 Å². The van der Waals surface area contributed by atoms with Gasteiger partial charge in [0.1, 0.15) is 11.7 Å². The Balaban J connectivity index is 2.00. The van der Waals surface area contributed by atoms with Gasteiger partial charge in [0.05, 0.1) is 12.4 Å². The van der Waals surface area contributed by atoms with Crippen molar-refractivity contribution in [1.29, 1.82) is 0 Å². The van der Waals surface area contributed by atoms with E-state index in [1.165, 1.54) is 60.8 Å². The Kier molecular flexibility index (Phi) is 6.42. The smallest absolute Gasteiger partial charge is 0.232 e. The number of imidazole rings is 1. The normalized spacial score (nSPS) is 12.6. The molecule has 2 heterocycles. The van der Waals surface area contributed by atoms with E-state index in [-0.39, 0.29) is 5.41 Å². The summed E-state index contributed by atoms with van der Waals surface area (Å²) in [5.74, 6) is 1.20. The van der Waals surface area contributed by atoms with Crippen LogP contribution in [0.4, 0.5) is 0 Å². The fourth-order valence-electron chi connectivity index (χ4n) is 6.42. The van der Waals surface area contributed by atoms with Crippen LogP contribution in [-0.4, -0.2) is 4.40 Å². The van der Waals surface area contributed by atoms with Crippen LogP contribution >= 0.6 is 0 Å². The van der Waals surface area contributed by atoms with Gasteiger partial charge in [0.25, 0.3) is 5.65 Å². The highest BCUT2D eigenvalue weighted by Crippen LogP contribution is 2.39. The lowest BCUT2D eigenvalue weighted by Gasteiger charge is -2.23. The Morgan fingerprint density at radius 2 is 1.41 bits per heavy atom. The molecule has 0 saturated heterocycles. The van der Waals surface area contributed by atoms with Gasteiger partial charge in [-0.15, -0.1) is 0 Å². The minimum atomic E-state index is 0.0865. The highest BCUT2D eigenvalue weighted by atomic mass is 15.1. The van der Waals surface area contributed by atoms with Crippen molar-refractivity contribution in [3.8, 4) is 11.3 Å². The lowest BCUT2D eigenvalue weighted by atomic mass is 9.82. The number of hydrogen-bond acceptors (Lipinski definition) is 0. The van der Waals surface area contributed by atoms with Gasteiger partial charge in [-0.2, -0.15) is 4.40 Å². The van der Waals surface area contributed by atoms with E-state index in [0.29, 0.717) is 11.8 Å². The first-order valence-electron chi connectivity index (χ1n) is 14.0. The van der Waals surface area contributed by atoms with Crippen LogP contribution in [0.5, 0.6) is 0 Å². The minimum Gasteiger partial charge on any atom is -0.232 e. The van der Waals surface area contributed by atoms with E-state index < -0.39 is 0 Å². The number of fused-ring (bicyclic) bond motifs is 6. The van der Waals surface area contributed by atoms with Gasteiger partial charge in [0.15, 0.2) is 5.69 Å². The fraction of sp³-hybridized carbons (Fsp3) is 0.400. The van der Waals surface area contributed by atoms with Crippen molar-refractivity contribution in [1.82, 2.24) is 4.40 Å². The number of benzene rings is 3. The molecule has 2 nitrogen and oxygen atoms in total. The number of rotatable bonds is 5. The van der Waals surface area contributed by atoms with E-state index in [1.54, 1.807) is 0 Å². The zero-order valence-corrected chi connectivity index (χ0v) is 24.2. The van der Waals surface area contributed by atoms with Crippen LogP contribution in [0.2, 0.25) is 0 Å². The summed E-state index contributed by atoms with van der Waals surface area (Å²) in [6.07, 6.45) is 4.54. The van der Waals surface area contributed by atoms with E-state index in [9.17, 15) is 0 Å². The van der Waals surface area contributed by atoms with Crippen LogP contribution in [0.25, 0.3) is 38.6 Å². The number of nitrogens with zero attached hydrogens (tertiary/aromatic N) is 2. The molecule has 0 aliphatic rings. The van der Waals surface area contributed by atoms with Crippen LogP contribution in [0.1, 0.15) is 70.7 Å². The molecule has 3 aromatic carbocycles. The molecule has 2 aromatic heterocycles. The van der Waals surface area contributed by atoms with Crippen LogP contribution in [0.15, 0.2) is 60.8 Å². The Morgan fingerprint density at radius 3 is 2.00 bits per heavy atom. The van der Waals surface area contributed by atoms with Crippen molar-refractivity contribution in [2.24, 2.45) is 18.9 Å². The van der Waals surface area contributed by atoms with Crippen LogP contribution < -0.4 is 4.57 Å². The predicted molar refractivity (Wildman–Crippen MR) is 160 cm³/mol. The van der Waals surface area contributed by atoms with Crippen molar-refractivity contribution in [2.45, 2.75) is 73.6 Å². The molecular formula is C35H43N2+. The van der Waals surface area contributed by atoms with Gasteiger partial charge in [0.2, 0.25) is 0 Å². The second-order valence-corrected chi connectivity index (χ2v) is 12.9. The summed E-state index contributed by atoms with van der Waals surface area (Å²) in [6, 6.07) is 20.6. The molecule has 0 N–H and O–H groups in total. The third-order valence-electron chi connectivity index (χ3n) is 7.78. The Morgan fingerprint density at radius 1 is 0.784 bits per heavy atom. The van der Waals surface area contributed by atoms with E-state index in [0.717, 1.165) is 12.8 Å². The Labute approximate surface area is 223 Å². The third kappa shape index (κ3) is 4.35. The molecule has 5 rings (SSSR count). The van der Waals surface area contributed by atoms with E-state index in [4.69, 9.17) is 0 Å². The summed E-state index contributed by atoms with van der Waals surface area (Å²) < 4.78 is 4.93. The maximum Gasteiger partial charge on any atom is 0.295 e. The highest BCUT2D eigenvalue weighted by Gasteiger charge is 2.29. The quantitative estimate of drug-likeness (QED) is 0.172. The first-order valence-corrected chi connectivity index (χ1v) is 14.0. The summed E-state index contributed by atoms with van der Waals surface area (Å²) in [6.45, 7) is 18.6. The van der Waals surface area contributed by atoms with E-state index in [1.807, 2.05) is 0 Å². The van der Waals surface area contributed by atoms with Gasteiger partial charge in [-0.25, -0.2) is 4.57 Å². The summed E-state index contributed by atoms with van der Waals surface area (Å²) in [4.78, 5) is 0. The molecule has 0 unspecified atom stereocenters. The zero-order valence-electron chi connectivity index (χ0n) is 24.2. The standard InChI is InChI=1S/C35H43N2/c1-22(2)19-25-13-12-14-26(20-23(3)4)33(25)31-21-36(9)34-32-24(5)29(35(6,7)8)18-17-28(32)27-15-10-11-16-30(27)37(31)34/h10-18,21-23H,19-20H2,1-9H3/q+1. The van der Waals surface area contributed by atoms with Gasteiger partial charge in [-0.1, -0.05) is 97.0 Å². The SMILES string of the molecule is Cc1c(C(C)(C)C)ccc2c3ccccc3n3c(-c4c(CC(C)C)cccc4CC(C)C)c[n+](C)c3c12. The molecule has 0 bridgehead atoms. The van der Waals surface area contributed by atoms with Gasteiger partial charge < -0.3 is 0 Å². The number of aromatic nitrogens is 2. The number of hydrogen-bond donors (Lipinski definition) is 0. The number of aryl methyl sites for hydroxylation is 2. The number of pyridine rings is 1. The van der Waals surface area contributed by atoms with Crippen LogP contribution in [0.3, 0.4) is 0 Å². The monoisotopic (exact) mass is 491 g/mol. The van der Waals surface area contributed by atoms with Crippen molar-refractivity contribution >= 4 is 27.3 Å². The largest absolute Gasteiger partial charge is 0.295 e. The third-order valence-corrected chi connectivity index (χ3v) is 7.78. The molecule has 0 aliphatic carbocycles. The molecule has 0 fully saturated rings. The molecule has 0 spiro atoms. The molecule has 2 heteroatoms. The highest BCUT2D eigenvalue weighted by molar-refractivity contribution is 6.13. The lowest BCUT2D eigenvalue weighted by Crippen LogP contribution is -2.26. The average molecular weight is 492 g/mol. The summed E-state index contributed by atoms with van der Waals surface area (Å²) in [5.41, 5.74) is 11.1. The summed E-state index contributed by atoms with van der Waals surface area (Å²) >= 11 is 0. The topological polar surface area (TPSA) is 8.29 Å². The molecule has 5 aromatic rings. The molecule has 192 valence electrons. The molecule has 0 atom stereocenters. The predicted octanol–water partition coefficient (Wildman–Crippen LogP) is 8.74. The second-order valence-electron chi connectivity index (χ2n) is 12.9. The number of para-hydroxylation sites is 1. The molecule has 0 saturated carbocycles. The molecule has 0 radical (unpaired) electrons. The molecule has 0 aliphatic heterocycles. The van der Waals surface area contributed by atoms with E-state index >= 15 is 0 Å². The first kappa shape index (κ1) is 25.5. The summed E-state index contributed by atoms with van der Waals surface area (Å²) in [5, 5.41) is 4.02. The zero-order chi connectivity index (χ0) is 26.6. The molecule has 0 amide bonds.